The standard InChI is InChI=1S/C20H21N3O4S/c1-2-13-3-6-15(7-4-13)27-12-19(25)22-23-20(26)14-5-8-17-16(11-14)21-18(24)9-10-28-17/h3-8,11H,2,9-10,12H2,1H3,(H,21,24)(H,22,25)(H,23,26). The maximum absolute atomic E-state index is 12.3. The van der Waals surface area contributed by atoms with Crippen LogP contribution in [0.25, 0.3) is 0 Å². The van der Waals surface area contributed by atoms with Gasteiger partial charge in [-0.3, -0.25) is 25.2 Å². The Labute approximate surface area is 167 Å². The fourth-order valence-electron chi connectivity index (χ4n) is 2.57. The van der Waals surface area contributed by atoms with Crippen molar-refractivity contribution >= 4 is 35.2 Å². The van der Waals surface area contributed by atoms with Gasteiger partial charge in [0.25, 0.3) is 11.8 Å². The van der Waals surface area contributed by atoms with Gasteiger partial charge >= 0.3 is 0 Å². The number of hydrogen-bond acceptors (Lipinski definition) is 5. The molecule has 0 bridgehead atoms. The normalized spacial score (nSPS) is 13.0. The molecule has 0 saturated heterocycles. The lowest BCUT2D eigenvalue weighted by Gasteiger charge is -2.11. The summed E-state index contributed by atoms with van der Waals surface area (Å²) in [5.41, 5.74) is 6.78. The summed E-state index contributed by atoms with van der Waals surface area (Å²) in [6.07, 6.45) is 1.36. The highest BCUT2D eigenvalue weighted by atomic mass is 32.2. The summed E-state index contributed by atoms with van der Waals surface area (Å²) in [7, 11) is 0. The predicted molar refractivity (Wildman–Crippen MR) is 107 cm³/mol. The highest BCUT2D eigenvalue weighted by Gasteiger charge is 2.16. The van der Waals surface area contributed by atoms with E-state index >= 15 is 0 Å². The fraction of sp³-hybridized carbons (Fsp3) is 0.250. The number of benzene rings is 2. The van der Waals surface area contributed by atoms with E-state index in [0.29, 0.717) is 29.2 Å². The second kappa shape index (κ2) is 9.27. The highest BCUT2D eigenvalue weighted by Crippen LogP contribution is 2.31. The van der Waals surface area contributed by atoms with Crippen LogP contribution in [0, 0.1) is 0 Å². The van der Waals surface area contributed by atoms with Gasteiger partial charge in [-0.2, -0.15) is 0 Å². The molecule has 1 aliphatic rings. The van der Waals surface area contributed by atoms with E-state index in [1.165, 1.54) is 5.56 Å². The Balaban J connectivity index is 1.50. The molecule has 2 aromatic carbocycles. The number of amides is 3. The molecule has 0 radical (unpaired) electrons. The number of nitrogens with one attached hydrogen (secondary N) is 3. The van der Waals surface area contributed by atoms with Gasteiger partial charge in [0, 0.05) is 22.6 Å². The first-order valence-electron chi connectivity index (χ1n) is 8.93. The second-order valence-corrected chi connectivity index (χ2v) is 7.28. The third kappa shape index (κ3) is 5.26. The summed E-state index contributed by atoms with van der Waals surface area (Å²) in [4.78, 5) is 36.7. The van der Waals surface area contributed by atoms with E-state index in [9.17, 15) is 14.4 Å². The van der Waals surface area contributed by atoms with Crippen molar-refractivity contribution in [1.82, 2.24) is 10.9 Å². The zero-order chi connectivity index (χ0) is 19.9. The molecule has 0 saturated carbocycles. The van der Waals surface area contributed by atoms with Crippen LogP contribution in [0.1, 0.15) is 29.3 Å². The number of carbonyl (C=O) groups excluding carboxylic acids is 3. The minimum Gasteiger partial charge on any atom is -0.484 e. The Morgan fingerprint density at radius 1 is 1.14 bits per heavy atom. The second-order valence-electron chi connectivity index (χ2n) is 6.15. The fourth-order valence-corrected chi connectivity index (χ4v) is 3.50. The van der Waals surface area contributed by atoms with E-state index in [1.54, 1.807) is 42.1 Å². The molecule has 1 aliphatic heterocycles. The van der Waals surface area contributed by atoms with Crippen molar-refractivity contribution in [1.29, 1.82) is 0 Å². The zero-order valence-corrected chi connectivity index (χ0v) is 16.2. The summed E-state index contributed by atoms with van der Waals surface area (Å²) in [6.45, 7) is 1.84. The number of carbonyl (C=O) groups is 3. The molecule has 3 N–H and O–H groups in total. The average molecular weight is 399 g/mol. The van der Waals surface area contributed by atoms with Crippen LogP contribution in [0.3, 0.4) is 0 Å². The smallest absolute Gasteiger partial charge is 0.276 e. The van der Waals surface area contributed by atoms with Gasteiger partial charge in [0.2, 0.25) is 5.91 Å². The summed E-state index contributed by atoms with van der Waals surface area (Å²) >= 11 is 1.56. The molecule has 0 aromatic heterocycles. The Bertz CT molecular complexity index is 884. The molecule has 8 heteroatoms. The molecule has 0 atom stereocenters. The van der Waals surface area contributed by atoms with Crippen LogP contribution in [0.4, 0.5) is 5.69 Å². The largest absolute Gasteiger partial charge is 0.484 e. The van der Waals surface area contributed by atoms with Crippen LogP contribution in [0.2, 0.25) is 0 Å². The third-order valence-corrected chi connectivity index (χ3v) is 5.19. The molecule has 28 heavy (non-hydrogen) atoms. The maximum Gasteiger partial charge on any atom is 0.276 e. The number of hydrogen-bond donors (Lipinski definition) is 3. The van der Waals surface area contributed by atoms with Crippen LogP contribution in [0.15, 0.2) is 47.4 Å². The summed E-state index contributed by atoms with van der Waals surface area (Å²) in [5, 5.41) is 2.78. The molecule has 7 nitrogen and oxygen atoms in total. The summed E-state index contributed by atoms with van der Waals surface area (Å²) in [5.74, 6) is 0.235. The first kappa shape index (κ1) is 19.8. The lowest BCUT2D eigenvalue weighted by atomic mass is 10.2. The van der Waals surface area contributed by atoms with Crippen LogP contribution in [-0.2, 0) is 16.0 Å². The van der Waals surface area contributed by atoms with Crippen molar-refractivity contribution in [2.75, 3.05) is 17.7 Å². The van der Waals surface area contributed by atoms with Gasteiger partial charge in [-0.1, -0.05) is 19.1 Å². The van der Waals surface area contributed by atoms with Crippen molar-refractivity contribution in [3.63, 3.8) is 0 Å². The van der Waals surface area contributed by atoms with E-state index in [1.807, 2.05) is 12.1 Å². The van der Waals surface area contributed by atoms with E-state index in [4.69, 9.17) is 4.74 Å². The quantitative estimate of drug-likeness (QED) is 0.672. The summed E-state index contributed by atoms with van der Waals surface area (Å²) < 4.78 is 5.39. The van der Waals surface area contributed by atoms with Crippen LogP contribution in [-0.4, -0.2) is 30.1 Å². The summed E-state index contributed by atoms with van der Waals surface area (Å²) in [6, 6.07) is 12.5. The van der Waals surface area contributed by atoms with Gasteiger partial charge in [-0.05, 0) is 42.3 Å². The van der Waals surface area contributed by atoms with Crippen LogP contribution >= 0.6 is 11.8 Å². The molecule has 0 fully saturated rings. The van der Waals surface area contributed by atoms with Crippen molar-refractivity contribution in [3.8, 4) is 5.75 Å². The van der Waals surface area contributed by atoms with E-state index in [0.717, 1.165) is 11.3 Å². The average Bonchev–Trinajstić information content (AvgIpc) is 2.90. The molecule has 0 spiro atoms. The molecule has 1 heterocycles. The Kier molecular flexibility index (Phi) is 6.54. The number of thioether (sulfide) groups is 1. The molecule has 3 rings (SSSR count). The van der Waals surface area contributed by atoms with Crippen molar-refractivity contribution in [2.24, 2.45) is 0 Å². The van der Waals surface area contributed by atoms with Crippen LogP contribution in [0.5, 0.6) is 5.75 Å². The maximum atomic E-state index is 12.3. The minimum absolute atomic E-state index is 0.0822. The van der Waals surface area contributed by atoms with Gasteiger partial charge in [0.05, 0.1) is 5.69 Å². The predicted octanol–water partition coefficient (Wildman–Crippen LogP) is 2.52. The minimum atomic E-state index is -0.480. The van der Waals surface area contributed by atoms with Crippen molar-refractivity contribution in [3.05, 3.63) is 53.6 Å². The molecule has 3 amide bonds. The highest BCUT2D eigenvalue weighted by molar-refractivity contribution is 7.99. The Hall–Kier alpha value is -3.00. The van der Waals surface area contributed by atoms with Gasteiger partial charge in [-0.25, -0.2) is 0 Å². The molecule has 0 aliphatic carbocycles. The topological polar surface area (TPSA) is 96.5 Å². The van der Waals surface area contributed by atoms with E-state index in [2.05, 4.69) is 23.1 Å². The van der Waals surface area contributed by atoms with Crippen LogP contribution < -0.4 is 20.9 Å². The monoisotopic (exact) mass is 399 g/mol. The van der Waals surface area contributed by atoms with Crippen molar-refractivity contribution < 1.29 is 19.1 Å². The number of aryl methyl sites for hydroxylation is 1. The first-order chi connectivity index (χ1) is 13.5. The molecule has 0 unspecified atom stereocenters. The third-order valence-electron chi connectivity index (χ3n) is 4.12. The van der Waals surface area contributed by atoms with Gasteiger partial charge in [-0.15, -0.1) is 11.8 Å². The molecular weight excluding hydrogens is 378 g/mol. The first-order valence-corrected chi connectivity index (χ1v) is 9.91. The number of ether oxygens (including phenoxy) is 1. The van der Waals surface area contributed by atoms with Gasteiger partial charge in [0.1, 0.15) is 5.75 Å². The zero-order valence-electron chi connectivity index (χ0n) is 15.4. The number of anilines is 1. The molecular formula is C20H21N3O4S. The Morgan fingerprint density at radius 2 is 1.93 bits per heavy atom. The van der Waals surface area contributed by atoms with E-state index < -0.39 is 11.8 Å². The molecule has 146 valence electrons. The lowest BCUT2D eigenvalue weighted by Crippen LogP contribution is -2.43. The lowest BCUT2D eigenvalue weighted by molar-refractivity contribution is -0.123. The Morgan fingerprint density at radius 3 is 2.68 bits per heavy atom. The van der Waals surface area contributed by atoms with Gasteiger partial charge in [0.15, 0.2) is 6.61 Å². The number of hydrazine groups is 1. The number of rotatable bonds is 5. The number of fused-ring (bicyclic) bond motifs is 1. The van der Waals surface area contributed by atoms with Crippen molar-refractivity contribution in [2.45, 2.75) is 24.7 Å². The molecule has 2 aromatic rings. The van der Waals surface area contributed by atoms with Gasteiger partial charge < -0.3 is 10.1 Å². The van der Waals surface area contributed by atoms with E-state index in [-0.39, 0.29) is 12.5 Å². The SMILES string of the molecule is CCc1ccc(OCC(=O)NNC(=O)c2ccc3c(c2)NC(=O)CCS3)cc1.